The van der Waals surface area contributed by atoms with Gasteiger partial charge in [0.1, 0.15) is 0 Å². The van der Waals surface area contributed by atoms with Gasteiger partial charge >= 0.3 is 0 Å². The molecule has 1 aliphatic heterocycles. The van der Waals surface area contributed by atoms with Crippen LogP contribution >= 0.6 is 0 Å². The molecule has 0 saturated carbocycles. The number of carbonyl (C=O) groups is 1. The molecule has 6 nitrogen and oxygen atoms in total. The lowest BCUT2D eigenvalue weighted by Crippen LogP contribution is -2.39. The summed E-state index contributed by atoms with van der Waals surface area (Å²) in [5.74, 6) is -0.218. The van der Waals surface area contributed by atoms with Crippen molar-refractivity contribution in [2.45, 2.75) is 32.1 Å². The van der Waals surface area contributed by atoms with Crippen LogP contribution in [0.3, 0.4) is 0 Å². The Morgan fingerprint density at radius 1 is 1.33 bits per heavy atom. The van der Waals surface area contributed by atoms with E-state index < -0.39 is 6.43 Å². The summed E-state index contributed by atoms with van der Waals surface area (Å²) in [5.41, 5.74) is 1.48. The molecular weight excluding hydrogens is 354 g/mol. The third-order valence-electron chi connectivity index (χ3n) is 4.96. The number of fused-ring (bicyclic) bond motifs is 1. The third-order valence-corrected chi connectivity index (χ3v) is 4.96. The van der Waals surface area contributed by atoms with Gasteiger partial charge in [-0.05, 0) is 38.0 Å². The van der Waals surface area contributed by atoms with Crippen LogP contribution in [0.2, 0.25) is 0 Å². The van der Waals surface area contributed by atoms with Crippen LogP contribution in [0.15, 0.2) is 35.1 Å². The monoisotopic (exact) mass is 372 g/mol. The molecule has 1 amide bonds. The van der Waals surface area contributed by atoms with E-state index in [1.165, 1.54) is 6.07 Å². The normalized spacial score (nSPS) is 17.6. The van der Waals surface area contributed by atoms with E-state index in [9.17, 15) is 13.6 Å². The minimum absolute atomic E-state index is 0.0900. The molecule has 8 heteroatoms. The van der Waals surface area contributed by atoms with E-state index >= 15 is 0 Å². The van der Waals surface area contributed by atoms with Crippen LogP contribution in [-0.4, -0.2) is 39.0 Å². The van der Waals surface area contributed by atoms with Gasteiger partial charge in [-0.2, -0.15) is 0 Å². The van der Waals surface area contributed by atoms with Crippen molar-refractivity contribution in [3.8, 4) is 0 Å². The quantitative estimate of drug-likeness (QED) is 0.698. The van der Waals surface area contributed by atoms with E-state index in [2.05, 4.69) is 15.1 Å². The fourth-order valence-corrected chi connectivity index (χ4v) is 3.61. The average molecular weight is 372 g/mol. The van der Waals surface area contributed by atoms with Crippen molar-refractivity contribution in [2.75, 3.05) is 13.1 Å². The molecule has 0 unspecified atom stereocenters. The minimum Gasteiger partial charge on any atom is -0.338 e. The van der Waals surface area contributed by atoms with E-state index in [0.29, 0.717) is 30.0 Å². The summed E-state index contributed by atoms with van der Waals surface area (Å²) in [6.07, 6.45) is 2.05. The molecule has 4 heterocycles. The molecule has 0 aromatic carbocycles. The number of rotatable bonds is 3. The van der Waals surface area contributed by atoms with Crippen molar-refractivity contribution in [3.63, 3.8) is 0 Å². The highest BCUT2D eigenvalue weighted by atomic mass is 19.3. The van der Waals surface area contributed by atoms with Crippen molar-refractivity contribution in [2.24, 2.45) is 0 Å². The Morgan fingerprint density at radius 3 is 2.85 bits per heavy atom. The second-order valence-corrected chi connectivity index (χ2v) is 6.71. The number of halogens is 2. The van der Waals surface area contributed by atoms with Gasteiger partial charge in [-0.25, -0.2) is 13.8 Å². The molecule has 0 radical (unpaired) electrons. The lowest BCUT2D eigenvalue weighted by molar-refractivity contribution is 0.0705. The molecular formula is C19H18F2N4O2. The highest BCUT2D eigenvalue weighted by Crippen LogP contribution is 2.34. The molecule has 0 aliphatic carbocycles. The lowest BCUT2D eigenvalue weighted by atomic mass is 9.92. The SMILES string of the molecule is Cc1noc2nc([C@@H]3CCCN(C(=O)c4ccncc4)C3)cc(C(F)F)c12. The first-order valence-corrected chi connectivity index (χ1v) is 8.79. The largest absolute Gasteiger partial charge is 0.338 e. The molecule has 0 spiro atoms. The second kappa shape index (κ2) is 7.02. The van der Waals surface area contributed by atoms with Crippen molar-refractivity contribution in [1.82, 2.24) is 20.0 Å². The Balaban J connectivity index is 1.64. The number of nitrogens with zero attached hydrogens (tertiary/aromatic N) is 4. The van der Waals surface area contributed by atoms with Crippen LogP contribution in [0.4, 0.5) is 8.78 Å². The maximum atomic E-state index is 13.6. The summed E-state index contributed by atoms with van der Waals surface area (Å²) in [5, 5.41) is 4.04. The Hall–Kier alpha value is -2.90. The average Bonchev–Trinajstić information content (AvgIpc) is 3.08. The molecule has 3 aromatic heterocycles. The first-order chi connectivity index (χ1) is 13.0. The summed E-state index contributed by atoms with van der Waals surface area (Å²) in [4.78, 5) is 22.8. The number of hydrogen-bond donors (Lipinski definition) is 0. The van der Waals surface area contributed by atoms with Gasteiger partial charge in [0.05, 0.1) is 11.1 Å². The Bertz CT molecular complexity index is 975. The van der Waals surface area contributed by atoms with Gasteiger partial charge in [-0.1, -0.05) is 5.16 Å². The number of carbonyl (C=O) groups excluding carboxylic acids is 1. The van der Waals surface area contributed by atoms with Crippen molar-refractivity contribution >= 4 is 17.0 Å². The van der Waals surface area contributed by atoms with E-state index in [4.69, 9.17) is 4.52 Å². The zero-order chi connectivity index (χ0) is 19.0. The fraction of sp³-hybridized carbons (Fsp3) is 0.368. The van der Waals surface area contributed by atoms with Crippen molar-refractivity contribution in [3.05, 3.63) is 53.1 Å². The zero-order valence-electron chi connectivity index (χ0n) is 14.7. The van der Waals surface area contributed by atoms with Gasteiger partial charge in [-0.3, -0.25) is 9.78 Å². The first kappa shape index (κ1) is 17.5. The smallest absolute Gasteiger partial charge is 0.264 e. The molecule has 1 atom stereocenters. The molecule has 1 aliphatic rings. The van der Waals surface area contributed by atoms with Crippen molar-refractivity contribution < 1.29 is 18.1 Å². The van der Waals surface area contributed by atoms with Gasteiger partial charge in [0, 0.05) is 48.2 Å². The topological polar surface area (TPSA) is 72.1 Å². The number of pyridine rings is 2. The molecule has 3 aromatic rings. The van der Waals surface area contributed by atoms with E-state index in [1.807, 2.05) is 0 Å². The van der Waals surface area contributed by atoms with Gasteiger partial charge < -0.3 is 9.42 Å². The van der Waals surface area contributed by atoms with E-state index in [0.717, 1.165) is 12.8 Å². The summed E-state index contributed by atoms with van der Waals surface area (Å²) in [6, 6.07) is 4.77. The molecule has 27 heavy (non-hydrogen) atoms. The highest BCUT2D eigenvalue weighted by Gasteiger charge is 2.29. The van der Waals surface area contributed by atoms with E-state index in [1.54, 1.807) is 36.4 Å². The number of alkyl halides is 2. The van der Waals surface area contributed by atoms with Gasteiger partial charge in [0.25, 0.3) is 18.0 Å². The van der Waals surface area contributed by atoms with Crippen LogP contribution in [0.5, 0.6) is 0 Å². The molecule has 4 rings (SSSR count). The van der Waals surface area contributed by atoms with Crippen LogP contribution < -0.4 is 0 Å². The number of likely N-dealkylation sites (tertiary alicyclic amines) is 1. The molecule has 0 bridgehead atoms. The maximum absolute atomic E-state index is 13.6. The van der Waals surface area contributed by atoms with Crippen LogP contribution in [0.25, 0.3) is 11.1 Å². The molecule has 140 valence electrons. The Kier molecular flexibility index (Phi) is 4.55. The minimum atomic E-state index is -2.65. The lowest BCUT2D eigenvalue weighted by Gasteiger charge is -2.32. The fourth-order valence-electron chi connectivity index (χ4n) is 3.61. The summed E-state index contributed by atoms with van der Waals surface area (Å²) in [7, 11) is 0. The van der Waals surface area contributed by atoms with Crippen molar-refractivity contribution in [1.29, 1.82) is 0 Å². The van der Waals surface area contributed by atoms with Crippen LogP contribution in [0.1, 0.15) is 52.5 Å². The highest BCUT2D eigenvalue weighted by molar-refractivity contribution is 5.94. The van der Waals surface area contributed by atoms with Crippen LogP contribution in [0, 0.1) is 6.92 Å². The number of hydrogen-bond acceptors (Lipinski definition) is 5. The Labute approximate surface area is 154 Å². The second-order valence-electron chi connectivity index (χ2n) is 6.71. The van der Waals surface area contributed by atoms with E-state index in [-0.39, 0.29) is 28.5 Å². The summed E-state index contributed by atoms with van der Waals surface area (Å²) >= 11 is 0. The molecule has 0 N–H and O–H groups in total. The predicted molar refractivity (Wildman–Crippen MR) is 93.6 cm³/mol. The van der Waals surface area contributed by atoms with Gasteiger partial charge in [-0.15, -0.1) is 0 Å². The zero-order valence-corrected chi connectivity index (χ0v) is 14.7. The molecule has 1 saturated heterocycles. The maximum Gasteiger partial charge on any atom is 0.264 e. The van der Waals surface area contributed by atoms with Gasteiger partial charge in [0.2, 0.25) is 0 Å². The third kappa shape index (κ3) is 3.27. The van der Waals surface area contributed by atoms with Gasteiger partial charge in [0.15, 0.2) is 0 Å². The number of piperidine rings is 1. The summed E-state index contributed by atoms with van der Waals surface area (Å²) < 4.78 is 32.3. The summed E-state index contributed by atoms with van der Waals surface area (Å²) in [6.45, 7) is 2.67. The number of aromatic nitrogens is 3. The predicted octanol–water partition coefficient (Wildman–Crippen LogP) is 3.88. The van der Waals surface area contributed by atoms with Crippen LogP contribution in [-0.2, 0) is 0 Å². The number of amides is 1. The molecule has 1 fully saturated rings. The standard InChI is InChI=1S/C19H18F2N4O2/c1-11-16-14(17(20)21)9-15(23-18(16)27-24-11)13-3-2-8-25(10-13)19(26)12-4-6-22-7-5-12/h4-7,9,13,17H,2-3,8,10H2,1H3/t13-/m1/s1. The first-order valence-electron chi connectivity index (χ1n) is 8.79. The Morgan fingerprint density at radius 2 is 2.11 bits per heavy atom. The number of aryl methyl sites for hydroxylation is 1.